The fraction of sp³-hybridized carbons (Fsp3) is 0.292. The normalized spacial score (nSPS) is 15.1. The number of rotatable bonds is 4. The number of nitrogens with one attached hydrogen (secondary N) is 1. The fourth-order valence-corrected chi connectivity index (χ4v) is 4.19. The van der Waals surface area contributed by atoms with E-state index >= 15 is 0 Å². The molecule has 1 aromatic carbocycles. The van der Waals surface area contributed by atoms with Crippen molar-refractivity contribution in [1.82, 2.24) is 19.6 Å². The number of hydrogen-bond acceptors (Lipinski definition) is 5. The Labute approximate surface area is 188 Å². The molecule has 3 aromatic heterocycles. The lowest BCUT2D eigenvalue weighted by atomic mass is 10.0. The van der Waals surface area contributed by atoms with Crippen LogP contribution in [0.3, 0.4) is 0 Å². The summed E-state index contributed by atoms with van der Waals surface area (Å²) in [4.78, 5) is 11.8. The van der Waals surface area contributed by atoms with Gasteiger partial charge < -0.3 is 10.2 Å². The Morgan fingerprint density at radius 2 is 1.87 bits per heavy atom. The monoisotopic (exact) mass is 434 g/mol. The van der Waals surface area contributed by atoms with E-state index in [-0.39, 0.29) is 17.9 Å². The minimum atomic E-state index is 0. The van der Waals surface area contributed by atoms with Crippen molar-refractivity contribution in [2.75, 3.05) is 16.8 Å². The first-order valence-corrected chi connectivity index (χ1v) is 10.4. The molecule has 7 heteroatoms. The second kappa shape index (κ2) is 8.19. The Bertz CT molecular complexity index is 1200. The van der Waals surface area contributed by atoms with Crippen molar-refractivity contribution < 1.29 is 0 Å². The number of pyridine rings is 1. The summed E-state index contributed by atoms with van der Waals surface area (Å²) in [5.74, 6) is 1.82. The molecule has 1 aliphatic rings. The highest BCUT2D eigenvalue weighted by atomic mass is 35.5. The van der Waals surface area contributed by atoms with Gasteiger partial charge in [0.15, 0.2) is 5.65 Å². The Balaban J connectivity index is 0.00000231. The van der Waals surface area contributed by atoms with Crippen LogP contribution in [0.1, 0.15) is 32.3 Å². The molecule has 160 valence electrons. The van der Waals surface area contributed by atoms with Crippen LogP contribution >= 0.6 is 12.4 Å². The maximum absolute atomic E-state index is 4.91. The Kier molecular flexibility index (Phi) is 5.58. The van der Waals surface area contributed by atoms with E-state index in [9.17, 15) is 0 Å². The van der Waals surface area contributed by atoms with E-state index in [4.69, 9.17) is 10.1 Å². The average molecular weight is 435 g/mol. The van der Waals surface area contributed by atoms with Crippen LogP contribution in [-0.2, 0) is 0 Å². The minimum absolute atomic E-state index is 0. The topological polar surface area (TPSA) is 58.3 Å². The maximum Gasteiger partial charge on any atom is 0.177 e. The number of imidazole rings is 1. The van der Waals surface area contributed by atoms with E-state index in [0.717, 1.165) is 40.8 Å². The molecule has 1 aliphatic heterocycles. The molecule has 5 rings (SSSR count). The summed E-state index contributed by atoms with van der Waals surface area (Å²) in [5.41, 5.74) is 4.98. The summed E-state index contributed by atoms with van der Waals surface area (Å²) < 4.78 is 1.81. The molecule has 6 nitrogen and oxygen atoms in total. The van der Waals surface area contributed by atoms with Crippen LogP contribution < -0.4 is 10.2 Å². The zero-order valence-corrected chi connectivity index (χ0v) is 18.9. The second-order valence-electron chi connectivity index (χ2n) is 8.58. The first-order valence-electron chi connectivity index (χ1n) is 10.4. The van der Waals surface area contributed by atoms with Gasteiger partial charge in [0.1, 0.15) is 11.6 Å². The molecule has 0 spiro atoms. The molecule has 0 bridgehead atoms. The van der Waals surface area contributed by atoms with Crippen LogP contribution in [0.4, 0.5) is 17.3 Å². The fourth-order valence-electron chi connectivity index (χ4n) is 4.19. The summed E-state index contributed by atoms with van der Waals surface area (Å²) >= 11 is 0. The number of benzene rings is 1. The van der Waals surface area contributed by atoms with Gasteiger partial charge in [-0.05, 0) is 51.8 Å². The van der Waals surface area contributed by atoms with Crippen molar-refractivity contribution in [2.45, 2.75) is 39.2 Å². The molecule has 4 aromatic rings. The van der Waals surface area contributed by atoms with Gasteiger partial charge in [-0.15, -0.1) is 12.4 Å². The molecule has 4 heterocycles. The summed E-state index contributed by atoms with van der Waals surface area (Å²) in [5, 5.41) is 8.21. The smallest absolute Gasteiger partial charge is 0.177 e. The van der Waals surface area contributed by atoms with Gasteiger partial charge in [-0.3, -0.25) is 0 Å². The molecule has 0 radical (unpaired) electrons. The lowest BCUT2D eigenvalue weighted by Crippen LogP contribution is -2.38. The van der Waals surface area contributed by atoms with Crippen LogP contribution in [0.15, 0.2) is 60.9 Å². The van der Waals surface area contributed by atoms with Gasteiger partial charge in [0.05, 0.1) is 11.4 Å². The van der Waals surface area contributed by atoms with E-state index in [1.54, 1.807) is 6.20 Å². The number of aromatic nitrogens is 4. The summed E-state index contributed by atoms with van der Waals surface area (Å²) in [6.07, 6.45) is 6.02. The molecule has 1 saturated heterocycles. The third-order valence-corrected chi connectivity index (χ3v) is 5.88. The van der Waals surface area contributed by atoms with Crippen LogP contribution in [-0.4, -0.2) is 31.7 Å². The molecule has 1 fully saturated rings. The van der Waals surface area contributed by atoms with Gasteiger partial charge >= 0.3 is 0 Å². The predicted octanol–water partition coefficient (Wildman–Crippen LogP) is 5.64. The van der Waals surface area contributed by atoms with E-state index in [0.29, 0.717) is 0 Å². The summed E-state index contributed by atoms with van der Waals surface area (Å²) in [6.45, 7) is 7.70. The molecule has 0 saturated carbocycles. The lowest BCUT2D eigenvalue weighted by molar-refractivity contribution is 0.514. The lowest BCUT2D eigenvalue weighted by Gasteiger charge is -2.32. The Morgan fingerprint density at radius 3 is 2.61 bits per heavy atom. The van der Waals surface area contributed by atoms with E-state index < -0.39 is 0 Å². The van der Waals surface area contributed by atoms with E-state index in [1.807, 2.05) is 22.8 Å². The van der Waals surface area contributed by atoms with Crippen LogP contribution in [0, 0.1) is 6.92 Å². The van der Waals surface area contributed by atoms with Crippen molar-refractivity contribution in [1.29, 1.82) is 0 Å². The minimum Gasteiger partial charge on any atom is -0.351 e. The molecule has 0 amide bonds. The molecule has 31 heavy (non-hydrogen) atoms. The van der Waals surface area contributed by atoms with Crippen molar-refractivity contribution in [3.8, 4) is 11.3 Å². The number of aryl methyl sites for hydroxylation is 1. The third kappa shape index (κ3) is 4.08. The number of hydrogen-bond donors (Lipinski definition) is 1. The molecular weight excluding hydrogens is 408 g/mol. The predicted molar refractivity (Wildman–Crippen MR) is 129 cm³/mol. The summed E-state index contributed by atoms with van der Waals surface area (Å²) in [6, 6.07) is 16.6. The van der Waals surface area contributed by atoms with Gasteiger partial charge in [-0.2, -0.15) is 5.10 Å². The molecule has 0 unspecified atom stereocenters. The zero-order valence-electron chi connectivity index (χ0n) is 18.0. The standard InChI is InChI=1S/C24H26N6.ClH/c1-17-8-10-18(11-9-17)19-16-20(23-25-13-15-30(23)28-19)26-21-6-4-7-22(27-21)29-14-5-12-24(29,2)3;/h4,6-11,13,15-16H,5,12,14H2,1-3H3,(H,26,27);1H. The number of halogens is 1. The highest BCUT2D eigenvalue weighted by Crippen LogP contribution is 2.33. The van der Waals surface area contributed by atoms with Crippen molar-refractivity contribution in [3.05, 3.63) is 66.5 Å². The number of anilines is 3. The molecular formula is C24H27ClN6. The van der Waals surface area contributed by atoms with Gasteiger partial charge in [0, 0.05) is 30.0 Å². The number of nitrogens with zero attached hydrogens (tertiary/aromatic N) is 5. The second-order valence-corrected chi connectivity index (χ2v) is 8.58. The van der Waals surface area contributed by atoms with Crippen LogP contribution in [0.25, 0.3) is 16.9 Å². The van der Waals surface area contributed by atoms with Gasteiger partial charge in [0.2, 0.25) is 0 Å². The average Bonchev–Trinajstić information content (AvgIpc) is 3.34. The molecule has 0 aliphatic carbocycles. The highest BCUT2D eigenvalue weighted by molar-refractivity contribution is 5.85. The molecule has 1 N–H and O–H groups in total. The SMILES string of the molecule is Cc1ccc(-c2cc(Nc3cccc(N4CCCC4(C)C)n3)c3nccn3n2)cc1.Cl. The van der Waals surface area contributed by atoms with E-state index in [2.05, 4.69) is 72.4 Å². The van der Waals surface area contributed by atoms with Crippen molar-refractivity contribution in [3.63, 3.8) is 0 Å². The van der Waals surface area contributed by atoms with Crippen LogP contribution in [0.2, 0.25) is 0 Å². The Hall–Kier alpha value is -3.12. The molecule has 0 atom stereocenters. The van der Waals surface area contributed by atoms with Crippen molar-refractivity contribution >= 4 is 35.4 Å². The van der Waals surface area contributed by atoms with Gasteiger partial charge in [-0.25, -0.2) is 14.5 Å². The Morgan fingerprint density at radius 1 is 1.06 bits per heavy atom. The van der Waals surface area contributed by atoms with Gasteiger partial charge in [-0.1, -0.05) is 35.9 Å². The zero-order chi connectivity index (χ0) is 20.7. The van der Waals surface area contributed by atoms with Crippen molar-refractivity contribution in [2.24, 2.45) is 0 Å². The highest BCUT2D eigenvalue weighted by Gasteiger charge is 2.32. The van der Waals surface area contributed by atoms with Gasteiger partial charge in [0.25, 0.3) is 0 Å². The maximum atomic E-state index is 4.91. The van der Waals surface area contributed by atoms with E-state index in [1.165, 1.54) is 18.4 Å². The third-order valence-electron chi connectivity index (χ3n) is 5.88. The summed E-state index contributed by atoms with van der Waals surface area (Å²) in [7, 11) is 0. The quantitative estimate of drug-likeness (QED) is 0.450. The first kappa shape index (κ1) is 21.1. The van der Waals surface area contributed by atoms with Crippen LogP contribution in [0.5, 0.6) is 0 Å². The largest absolute Gasteiger partial charge is 0.351 e. The number of fused-ring (bicyclic) bond motifs is 1. The first-order chi connectivity index (χ1) is 14.5.